The maximum atomic E-state index is 12.4. The molecule has 5 heteroatoms. The molecule has 0 N–H and O–H groups in total. The number of rotatable bonds is 4. The Morgan fingerprint density at radius 2 is 1.95 bits per heavy atom. The van der Waals surface area contributed by atoms with E-state index in [1.165, 1.54) is 5.56 Å². The highest BCUT2D eigenvalue weighted by atomic mass is 32.2. The molecule has 21 heavy (non-hydrogen) atoms. The number of sulfonamides is 1. The summed E-state index contributed by atoms with van der Waals surface area (Å²) in [5.74, 6) is 0.795. The van der Waals surface area contributed by atoms with Crippen molar-refractivity contribution < 1.29 is 8.42 Å². The summed E-state index contributed by atoms with van der Waals surface area (Å²) in [4.78, 5) is 4.14. The van der Waals surface area contributed by atoms with Crippen molar-refractivity contribution in [3.63, 3.8) is 0 Å². The molecule has 1 aromatic heterocycles. The molecule has 0 atom stereocenters. The predicted molar refractivity (Wildman–Crippen MR) is 85.5 cm³/mol. The summed E-state index contributed by atoms with van der Waals surface area (Å²) in [7, 11) is -3.12. The molecule has 118 valence electrons. The van der Waals surface area contributed by atoms with Crippen LogP contribution in [0.15, 0.2) is 24.5 Å². The molecule has 0 amide bonds. The predicted octanol–water partition coefficient (Wildman–Crippen LogP) is 2.71. The molecule has 0 unspecified atom stereocenters. The fourth-order valence-electron chi connectivity index (χ4n) is 2.88. The Kier molecular flexibility index (Phi) is 5.04. The molecule has 1 aliphatic rings. The number of hydrogen-bond donors (Lipinski definition) is 0. The zero-order chi connectivity index (χ0) is 15.5. The smallest absolute Gasteiger partial charge is 0.214 e. The lowest BCUT2D eigenvalue weighted by Gasteiger charge is -2.33. The average molecular weight is 310 g/mol. The van der Waals surface area contributed by atoms with Crippen molar-refractivity contribution in [1.29, 1.82) is 0 Å². The quantitative estimate of drug-likeness (QED) is 0.859. The van der Waals surface area contributed by atoms with Crippen molar-refractivity contribution in [1.82, 2.24) is 9.29 Å². The molecule has 0 bridgehead atoms. The molecule has 0 radical (unpaired) electrons. The highest BCUT2D eigenvalue weighted by molar-refractivity contribution is 7.89. The van der Waals surface area contributed by atoms with Gasteiger partial charge in [0.15, 0.2) is 0 Å². The van der Waals surface area contributed by atoms with Crippen LogP contribution in [-0.4, -0.2) is 36.5 Å². The molecule has 0 aliphatic carbocycles. The van der Waals surface area contributed by atoms with Gasteiger partial charge in [0, 0.05) is 25.5 Å². The largest absolute Gasteiger partial charge is 0.264 e. The van der Waals surface area contributed by atoms with Crippen molar-refractivity contribution in [2.45, 2.75) is 40.0 Å². The SMILES string of the molecule is CC(C)(C)CS(=O)(=O)N1CCC(Cc2cccnc2)CC1. The number of piperidine rings is 1. The third-order valence-corrected chi connectivity index (χ3v) is 6.21. The summed E-state index contributed by atoms with van der Waals surface area (Å²) in [5, 5.41) is 0. The lowest BCUT2D eigenvalue weighted by molar-refractivity contribution is 0.269. The van der Waals surface area contributed by atoms with Crippen molar-refractivity contribution in [3.05, 3.63) is 30.1 Å². The molecule has 0 aromatic carbocycles. The first-order valence-corrected chi connectivity index (χ1v) is 9.24. The van der Waals surface area contributed by atoms with Gasteiger partial charge in [0.1, 0.15) is 0 Å². The Morgan fingerprint density at radius 1 is 1.29 bits per heavy atom. The van der Waals surface area contributed by atoms with E-state index in [0.29, 0.717) is 19.0 Å². The highest BCUT2D eigenvalue weighted by Crippen LogP contribution is 2.26. The first-order valence-electron chi connectivity index (χ1n) is 7.63. The molecular weight excluding hydrogens is 284 g/mol. The third kappa shape index (κ3) is 5.08. The Morgan fingerprint density at radius 3 is 2.48 bits per heavy atom. The first kappa shape index (κ1) is 16.4. The number of hydrogen-bond acceptors (Lipinski definition) is 3. The minimum absolute atomic E-state index is 0.189. The lowest BCUT2D eigenvalue weighted by atomic mass is 9.92. The number of pyridine rings is 1. The lowest BCUT2D eigenvalue weighted by Crippen LogP contribution is -2.42. The molecule has 1 aromatic rings. The van der Waals surface area contributed by atoms with Gasteiger partial charge in [-0.25, -0.2) is 12.7 Å². The second kappa shape index (κ2) is 6.44. The summed E-state index contributed by atoms with van der Waals surface area (Å²) in [6, 6.07) is 4.05. The Hall–Kier alpha value is -0.940. The number of nitrogens with zero attached hydrogens (tertiary/aromatic N) is 2. The van der Waals surface area contributed by atoms with Crippen LogP contribution < -0.4 is 0 Å². The normalized spacial score (nSPS) is 18.8. The van der Waals surface area contributed by atoms with Crippen molar-refractivity contribution in [2.24, 2.45) is 11.3 Å². The summed E-state index contributed by atoms with van der Waals surface area (Å²) in [6.07, 6.45) is 6.57. The van der Waals surface area contributed by atoms with Gasteiger partial charge < -0.3 is 0 Å². The molecule has 1 saturated heterocycles. The average Bonchev–Trinajstić information content (AvgIpc) is 2.38. The van der Waals surface area contributed by atoms with E-state index in [-0.39, 0.29) is 11.2 Å². The van der Waals surface area contributed by atoms with E-state index in [4.69, 9.17) is 0 Å². The zero-order valence-corrected chi connectivity index (χ0v) is 14.1. The van der Waals surface area contributed by atoms with E-state index in [9.17, 15) is 8.42 Å². The van der Waals surface area contributed by atoms with E-state index < -0.39 is 10.0 Å². The van der Waals surface area contributed by atoms with Crippen LogP contribution >= 0.6 is 0 Å². The van der Waals surface area contributed by atoms with E-state index in [2.05, 4.69) is 11.1 Å². The molecule has 4 nitrogen and oxygen atoms in total. The van der Waals surface area contributed by atoms with Gasteiger partial charge in [-0.1, -0.05) is 26.8 Å². The van der Waals surface area contributed by atoms with E-state index >= 15 is 0 Å². The van der Waals surface area contributed by atoms with E-state index in [1.807, 2.05) is 33.0 Å². The third-order valence-electron chi connectivity index (χ3n) is 3.83. The van der Waals surface area contributed by atoms with Crippen LogP contribution in [0.3, 0.4) is 0 Å². The molecule has 2 rings (SSSR count). The maximum absolute atomic E-state index is 12.4. The summed E-state index contributed by atoms with van der Waals surface area (Å²) >= 11 is 0. The van der Waals surface area contributed by atoms with Crippen LogP contribution in [0.5, 0.6) is 0 Å². The van der Waals surface area contributed by atoms with Gasteiger partial charge in [0.2, 0.25) is 10.0 Å². The van der Waals surface area contributed by atoms with Gasteiger partial charge in [-0.05, 0) is 42.2 Å². The summed E-state index contributed by atoms with van der Waals surface area (Å²) in [6.45, 7) is 7.23. The van der Waals surface area contributed by atoms with Crippen LogP contribution in [0, 0.1) is 11.3 Å². The van der Waals surface area contributed by atoms with Gasteiger partial charge in [0.05, 0.1) is 5.75 Å². The molecule has 1 aliphatic heterocycles. The standard InChI is InChI=1S/C16H26N2O2S/c1-16(2,3)13-21(19,20)18-9-6-14(7-10-18)11-15-5-4-8-17-12-15/h4-5,8,12,14H,6-7,9-11,13H2,1-3H3. The van der Waals surface area contributed by atoms with Crippen LogP contribution in [0.25, 0.3) is 0 Å². The minimum atomic E-state index is -3.12. The van der Waals surface area contributed by atoms with Crippen molar-refractivity contribution >= 4 is 10.0 Å². The van der Waals surface area contributed by atoms with Gasteiger partial charge in [-0.3, -0.25) is 4.98 Å². The molecule has 1 fully saturated rings. The summed E-state index contributed by atoms with van der Waals surface area (Å²) in [5.41, 5.74) is 1.05. The van der Waals surface area contributed by atoms with Gasteiger partial charge in [0.25, 0.3) is 0 Å². The van der Waals surface area contributed by atoms with Crippen molar-refractivity contribution in [3.8, 4) is 0 Å². The monoisotopic (exact) mass is 310 g/mol. The van der Waals surface area contributed by atoms with Crippen LogP contribution in [0.2, 0.25) is 0 Å². The first-order chi connectivity index (χ1) is 9.76. The minimum Gasteiger partial charge on any atom is -0.264 e. The van der Waals surface area contributed by atoms with Crippen LogP contribution in [0.1, 0.15) is 39.2 Å². The molecular formula is C16H26N2O2S. The Bertz CT molecular complexity index is 541. The van der Waals surface area contributed by atoms with Crippen molar-refractivity contribution in [2.75, 3.05) is 18.8 Å². The molecule has 0 spiro atoms. The van der Waals surface area contributed by atoms with E-state index in [0.717, 1.165) is 19.3 Å². The number of aromatic nitrogens is 1. The van der Waals surface area contributed by atoms with E-state index in [1.54, 1.807) is 10.5 Å². The second-order valence-electron chi connectivity index (χ2n) is 7.22. The zero-order valence-electron chi connectivity index (χ0n) is 13.2. The van der Waals surface area contributed by atoms with Gasteiger partial charge in [-0.2, -0.15) is 0 Å². The Labute approximate surface area is 128 Å². The van der Waals surface area contributed by atoms with Crippen LogP contribution in [0.4, 0.5) is 0 Å². The fraction of sp³-hybridized carbons (Fsp3) is 0.688. The van der Waals surface area contributed by atoms with Gasteiger partial charge in [-0.15, -0.1) is 0 Å². The fourth-order valence-corrected chi connectivity index (χ4v) is 4.93. The second-order valence-corrected chi connectivity index (χ2v) is 9.19. The molecule has 2 heterocycles. The Balaban J connectivity index is 1.88. The maximum Gasteiger partial charge on any atom is 0.214 e. The van der Waals surface area contributed by atoms with Crippen LogP contribution in [-0.2, 0) is 16.4 Å². The van der Waals surface area contributed by atoms with Gasteiger partial charge >= 0.3 is 0 Å². The highest BCUT2D eigenvalue weighted by Gasteiger charge is 2.31. The molecule has 0 saturated carbocycles. The topological polar surface area (TPSA) is 50.3 Å². The summed E-state index contributed by atoms with van der Waals surface area (Å²) < 4.78 is 26.4.